The van der Waals surface area contributed by atoms with E-state index in [0.29, 0.717) is 6.54 Å². The van der Waals surface area contributed by atoms with E-state index in [1.165, 1.54) is 0 Å². The summed E-state index contributed by atoms with van der Waals surface area (Å²) in [5.74, 6) is 0.787. The van der Waals surface area contributed by atoms with Crippen molar-refractivity contribution >= 4 is 53.5 Å². The SMILES string of the molecule is COc1cc(NCc2ccc(Br)cn2)c(Br)cc1Br. The van der Waals surface area contributed by atoms with Gasteiger partial charge in [-0.05, 0) is 66.0 Å². The van der Waals surface area contributed by atoms with E-state index in [1.807, 2.05) is 24.3 Å². The molecule has 0 bridgehead atoms. The molecule has 2 aromatic rings. The summed E-state index contributed by atoms with van der Waals surface area (Å²) in [7, 11) is 1.65. The van der Waals surface area contributed by atoms with Crippen molar-refractivity contribution < 1.29 is 4.74 Å². The van der Waals surface area contributed by atoms with Gasteiger partial charge in [0.1, 0.15) is 5.75 Å². The maximum Gasteiger partial charge on any atom is 0.135 e. The number of aromatic nitrogens is 1. The van der Waals surface area contributed by atoms with Crippen LogP contribution in [0.2, 0.25) is 0 Å². The van der Waals surface area contributed by atoms with E-state index in [4.69, 9.17) is 4.74 Å². The molecule has 0 saturated heterocycles. The number of hydrogen-bond acceptors (Lipinski definition) is 3. The Balaban J connectivity index is 2.13. The molecule has 6 heteroatoms. The molecule has 1 heterocycles. The summed E-state index contributed by atoms with van der Waals surface area (Å²) in [5, 5.41) is 3.33. The van der Waals surface area contributed by atoms with E-state index in [0.717, 1.165) is 30.5 Å². The minimum atomic E-state index is 0.649. The fourth-order valence-corrected chi connectivity index (χ4v) is 3.05. The number of nitrogens with zero attached hydrogens (tertiary/aromatic N) is 1. The van der Waals surface area contributed by atoms with Crippen LogP contribution in [0.5, 0.6) is 5.75 Å². The van der Waals surface area contributed by atoms with Crippen molar-refractivity contribution in [3.05, 3.63) is 49.6 Å². The summed E-state index contributed by atoms with van der Waals surface area (Å²) in [6, 6.07) is 7.84. The molecule has 0 spiro atoms. The molecule has 1 aromatic heterocycles. The van der Waals surface area contributed by atoms with Crippen molar-refractivity contribution in [1.29, 1.82) is 0 Å². The number of hydrogen-bond donors (Lipinski definition) is 1. The predicted molar refractivity (Wildman–Crippen MR) is 87.7 cm³/mol. The minimum Gasteiger partial charge on any atom is -0.495 e. The van der Waals surface area contributed by atoms with Crippen molar-refractivity contribution in [2.45, 2.75) is 6.54 Å². The second kappa shape index (κ2) is 6.72. The van der Waals surface area contributed by atoms with E-state index >= 15 is 0 Å². The predicted octanol–water partition coefficient (Wildman–Crippen LogP) is 4.99. The molecule has 2 rings (SSSR count). The highest BCUT2D eigenvalue weighted by molar-refractivity contribution is 9.11. The molecule has 1 N–H and O–H groups in total. The van der Waals surface area contributed by atoms with Crippen LogP contribution < -0.4 is 10.1 Å². The van der Waals surface area contributed by atoms with Gasteiger partial charge in [-0.2, -0.15) is 0 Å². The van der Waals surface area contributed by atoms with E-state index in [2.05, 4.69) is 58.1 Å². The number of benzene rings is 1. The fourth-order valence-electron chi connectivity index (χ4n) is 1.52. The van der Waals surface area contributed by atoms with Gasteiger partial charge in [-0.15, -0.1) is 0 Å². The first-order chi connectivity index (χ1) is 9.10. The molecule has 0 saturated carbocycles. The Kier molecular flexibility index (Phi) is 5.24. The van der Waals surface area contributed by atoms with E-state index in [9.17, 15) is 0 Å². The van der Waals surface area contributed by atoms with Crippen LogP contribution in [-0.4, -0.2) is 12.1 Å². The largest absolute Gasteiger partial charge is 0.495 e. The maximum absolute atomic E-state index is 5.28. The number of methoxy groups -OCH3 is 1. The molecule has 0 aliphatic rings. The molecule has 100 valence electrons. The van der Waals surface area contributed by atoms with Gasteiger partial charge in [0, 0.05) is 21.2 Å². The van der Waals surface area contributed by atoms with Gasteiger partial charge < -0.3 is 10.1 Å². The minimum absolute atomic E-state index is 0.649. The lowest BCUT2D eigenvalue weighted by atomic mass is 10.3. The van der Waals surface area contributed by atoms with Crippen molar-refractivity contribution in [2.75, 3.05) is 12.4 Å². The molecule has 0 fully saturated rings. The van der Waals surface area contributed by atoms with E-state index < -0.39 is 0 Å². The molecule has 3 nitrogen and oxygen atoms in total. The normalized spacial score (nSPS) is 10.3. The Morgan fingerprint density at radius 3 is 2.58 bits per heavy atom. The maximum atomic E-state index is 5.28. The van der Waals surface area contributed by atoms with E-state index in [-0.39, 0.29) is 0 Å². The number of nitrogens with one attached hydrogen (secondary N) is 1. The van der Waals surface area contributed by atoms with Crippen LogP contribution in [0.4, 0.5) is 5.69 Å². The highest BCUT2D eigenvalue weighted by Gasteiger charge is 2.07. The number of rotatable bonds is 4. The van der Waals surface area contributed by atoms with Gasteiger partial charge in [0.05, 0.1) is 29.5 Å². The third-order valence-electron chi connectivity index (χ3n) is 2.49. The Morgan fingerprint density at radius 1 is 1.16 bits per heavy atom. The number of ether oxygens (including phenoxy) is 1. The molecule has 0 amide bonds. The van der Waals surface area contributed by atoms with Crippen molar-refractivity contribution in [3.8, 4) is 5.75 Å². The number of halogens is 3. The summed E-state index contributed by atoms with van der Waals surface area (Å²) < 4.78 is 8.13. The second-order valence-electron chi connectivity index (χ2n) is 3.79. The van der Waals surface area contributed by atoms with Crippen LogP contribution in [0.15, 0.2) is 43.9 Å². The van der Waals surface area contributed by atoms with Crippen molar-refractivity contribution in [1.82, 2.24) is 4.98 Å². The molecule has 0 unspecified atom stereocenters. The third kappa shape index (κ3) is 3.94. The Morgan fingerprint density at radius 2 is 1.95 bits per heavy atom. The van der Waals surface area contributed by atoms with E-state index in [1.54, 1.807) is 13.3 Å². The highest BCUT2D eigenvalue weighted by atomic mass is 79.9. The van der Waals surface area contributed by atoms with Gasteiger partial charge in [-0.1, -0.05) is 0 Å². The van der Waals surface area contributed by atoms with Gasteiger partial charge in [0.2, 0.25) is 0 Å². The van der Waals surface area contributed by atoms with Crippen molar-refractivity contribution in [3.63, 3.8) is 0 Å². The first-order valence-electron chi connectivity index (χ1n) is 5.47. The van der Waals surface area contributed by atoms with Crippen LogP contribution in [-0.2, 0) is 6.54 Å². The first kappa shape index (κ1) is 14.8. The molecular weight excluding hydrogens is 440 g/mol. The zero-order valence-corrected chi connectivity index (χ0v) is 14.8. The highest BCUT2D eigenvalue weighted by Crippen LogP contribution is 2.34. The van der Waals surface area contributed by atoms with Gasteiger partial charge in [0.25, 0.3) is 0 Å². The average Bonchev–Trinajstić information content (AvgIpc) is 2.40. The number of pyridine rings is 1. The first-order valence-corrected chi connectivity index (χ1v) is 7.85. The molecule has 19 heavy (non-hydrogen) atoms. The average molecular weight is 451 g/mol. The smallest absolute Gasteiger partial charge is 0.135 e. The summed E-state index contributed by atoms with van der Waals surface area (Å²) in [6.07, 6.45) is 1.79. The quantitative estimate of drug-likeness (QED) is 0.712. The number of anilines is 1. The van der Waals surface area contributed by atoms with Gasteiger partial charge >= 0.3 is 0 Å². The van der Waals surface area contributed by atoms with Gasteiger partial charge in [0.15, 0.2) is 0 Å². The Bertz CT molecular complexity index is 573. The van der Waals surface area contributed by atoms with Gasteiger partial charge in [-0.25, -0.2) is 0 Å². The van der Waals surface area contributed by atoms with Crippen LogP contribution in [0.25, 0.3) is 0 Å². The van der Waals surface area contributed by atoms with Crippen LogP contribution in [0, 0.1) is 0 Å². The van der Waals surface area contributed by atoms with Crippen molar-refractivity contribution in [2.24, 2.45) is 0 Å². The third-order valence-corrected chi connectivity index (χ3v) is 4.23. The van der Waals surface area contributed by atoms with Crippen LogP contribution in [0.3, 0.4) is 0 Å². The van der Waals surface area contributed by atoms with Crippen LogP contribution in [0.1, 0.15) is 5.69 Å². The summed E-state index contributed by atoms with van der Waals surface area (Å²) in [6.45, 7) is 0.649. The molecule has 1 aromatic carbocycles. The standard InChI is InChI=1S/C13H11Br3N2O/c1-19-13-5-12(10(15)4-11(13)16)18-7-9-3-2-8(14)6-17-9/h2-6,18H,7H2,1H3. The topological polar surface area (TPSA) is 34.1 Å². The van der Waals surface area contributed by atoms with Crippen LogP contribution >= 0.6 is 47.8 Å². The summed E-state index contributed by atoms with van der Waals surface area (Å²) in [5.41, 5.74) is 1.93. The summed E-state index contributed by atoms with van der Waals surface area (Å²) >= 11 is 10.3. The molecular formula is C13H11Br3N2O. The lowest BCUT2D eigenvalue weighted by molar-refractivity contribution is 0.412. The zero-order valence-electron chi connectivity index (χ0n) is 10.1. The molecule has 0 aliphatic carbocycles. The van der Waals surface area contributed by atoms with Gasteiger partial charge in [-0.3, -0.25) is 4.98 Å². The molecule has 0 aliphatic heterocycles. The lowest BCUT2D eigenvalue weighted by Gasteiger charge is -2.11. The fraction of sp³-hybridized carbons (Fsp3) is 0.154. The Hall–Kier alpha value is -0.590. The monoisotopic (exact) mass is 448 g/mol. The Labute approximate surface area is 137 Å². The molecule has 0 radical (unpaired) electrons. The zero-order chi connectivity index (χ0) is 13.8. The lowest BCUT2D eigenvalue weighted by Crippen LogP contribution is -2.02. The molecule has 0 atom stereocenters. The second-order valence-corrected chi connectivity index (χ2v) is 6.41. The summed E-state index contributed by atoms with van der Waals surface area (Å²) in [4.78, 5) is 4.32.